The van der Waals surface area contributed by atoms with E-state index in [2.05, 4.69) is 11.0 Å². The summed E-state index contributed by atoms with van der Waals surface area (Å²) in [6.45, 7) is 2.94. The fourth-order valence-electron chi connectivity index (χ4n) is 2.19. The summed E-state index contributed by atoms with van der Waals surface area (Å²) in [5, 5.41) is 8.56. The van der Waals surface area contributed by atoms with Crippen LogP contribution >= 0.6 is 0 Å². The maximum Gasteiger partial charge on any atom is 0.243 e. The molecule has 0 amide bonds. The quantitative estimate of drug-likeness (QED) is 0.816. The van der Waals surface area contributed by atoms with E-state index < -0.39 is 10.0 Å². The normalized spacial score (nSPS) is 17.8. The van der Waals surface area contributed by atoms with Crippen molar-refractivity contribution in [3.63, 3.8) is 0 Å². The van der Waals surface area contributed by atoms with Gasteiger partial charge >= 0.3 is 0 Å². The molecule has 0 unspecified atom stereocenters. The molecule has 1 heterocycles. The van der Waals surface area contributed by atoms with Crippen molar-refractivity contribution in [1.82, 2.24) is 9.21 Å². The van der Waals surface area contributed by atoms with Crippen molar-refractivity contribution in [2.75, 3.05) is 38.5 Å². The number of hydrogen-bond acceptors (Lipinski definition) is 5. The highest BCUT2D eigenvalue weighted by Gasteiger charge is 2.28. The van der Waals surface area contributed by atoms with Gasteiger partial charge in [-0.3, -0.25) is 4.90 Å². The van der Waals surface area contributed by atoms with Crippen LogP contribution in [0.4, 0.5) is 5.69 Å². The Morgan fingerprint density at radius 1 is 1.15 bits per heavy atom. The SMILES string of the molecule is N#CCCN1CCN(S(=O)(=O)c2ccc(N)cc2)CC1. The van der Waals surface area contributed by atoms with Crippen molar-refractivity contribution < 1.29 is 8.42 Å². The Balaban J connectivity index is 2.02. The van der Waals surface area contributed by atoms with Crippen LogP contribution in [0.1, 0.15) is 6.42 Å². The molecular weight excluding hydrogens is 276 g/mol. The van der Waals surface area contributed by atoms with E-state index in [0.29, 0.717) is 44.8 Å². The van der Waals surface area contributed by atoms with Gasteiger partial charge in [-0.25, -0.2) is 8.42 Å². The molecule has 20 heavy (non-hydrogen) atoms. The average Bonchev–Trinajstić information content (AvgIpc) is 2.46. The van der Waals surface area contributed by atoms with E-state index >= 15 is 0 Å². The van der Waals surface area contributed by atoms with Crippen LogP contribution in [0.25, 0.3) is 0 Å². The second-order valence-electron chi connectivity index (χ2n) is 4.72. The first-order valence-corrected chi connectivity index (χ1v) is 7.93. The number of rotatable bonds is 4. The van der Waals surface area contributed by atoms with E-state index in [1.807, 2.05) is 0 Å². The Kier molecular flexibility index (Phi) is 4.60. The van der Waals surface area contributed by atoms with Gasteiger partial charge < -0.3 is 5.73 Å². The number of anilines is 1. The number of piperazine rings is 1. The summed E-state index contributed by atoms with van der Waals surface area (Å²) >= 11 is 0. The number of nitrogens with zero attached hydrogens (tertiary/aromatic N) is 3. The van der Waals surface area contributed by atoms with Gasteiger partial charge in [-0.05, 0) is 24.3 Å². The molecule has 0 atom stereocenters. The van der Waals surface area contributed by atoms with E-state index in [9.17, 15) is 8.42 Å². The third kappa shape index (κ3) is 3.28. The number of sulfonamides is 1. The van der Waals surface area contributed by atoms with Crippen molar-refractivity contribution >= 4 is 15.7 Å². The summed E-state index contributed by atoms with van der Waals surface area (Å²) in [6.07, 6.45) is 0.477. The highest BCUT2D eigenvalue weighted by Crippen LogP contribution is 2.18. The molecule has 0 aliphatic carbocycles. The molecule has 0 radical (unpaired) electrons. The summed E-state index contributed by atoms with van der Waals surface area (Å²) in [4.78, 5) is 2.38. The summed E-state index contributed by atoms with van der Waals surface area (Å²) in [6, 6.07) is 8.36. The van der Waals surface area contributed by atoms with Crippen LogP contribution in [0.2, 0.25) is 0 Å². The van der Waals surface area contributed by atoms with Gasteiger partial charge in [-0.15, -0.1) is 0 Å². The average molecular weight is 294 g/mol. The molecule has 108 valence electrons. The molecule has 0 aromatic heterocycles. The van der Waals surface area contributed by atoms with Gasteiger partial charge in [0.15, 0.2) is 0 Å². The van der Waals surface area contributed by atoms with Crippen LogP contribution in [-0.4, -0.2) is 50.3 Å². The van der Waals surface area contributed by atoms with Gasteiger partial charge in [0.05, 0.1) is 11.0 Å². The van der Waals surface area contributed by atoms with Crippen LogP contribution in [0, 0.1) is 11.3 Å². The van der Waals surface area contributed by atoms with Crippen LogP contribution < -0.4 is 5.73 Å². The Morgan fingerprint density at radius 2 is 1.75 bits per heavy atom. The lowest BCUT2D eigenvalue weighted by Gasteiger charge is -2.33. The smallest absolute Gasteiger partial charge is 0.243 e. The largest absolute Gasteiger partial charge is 0.399 e. The van der Waals surface area contributed by atoms with E-state index in [1.54, 1.807) is 12.1 Å². The molecule has 7 heteroatoms. The molecule has 6 nitrogen and oxygen atoms in total. The van der Waals surface area contributed by atoms with Gasteiger partial charge in [0.2, 0.25) is 10.0 Å². The minimum atomic E-state index is -3.44. The van der Waals surface area contributed by atoms with Crippen molar-refractivity contribution in [3.8, 4) is 6.07 Å². The Bertz CT molecular complexity index is 584. The van der Waals surface area contributed by atoms with Crippen molar-refractivity contribution in [3.05, 3.63) is 24.3 Å². The summed E-state index contributed by atoms with van der Waals surface area (Å²) < 4.78 is 26.4. The molecule has 1 saturated heterocycles. The minimum Gasteiger partial charge on any atom is -0.399 e. The highest BCUT2D eigenvalue weighted by molar-refractivity contribution is 7.89. The van der Waals surface area contributed by atoms with Crippen LogP contribution in [0.5, 0.6) is 0 Å². The lowest BCUT2D eigenvalue weighted by atomic mass is 10.3. The molecule has 0 bridgehead atoms. The Labute approximate surface area is 119 Å². The fraction of sp³-hybridized carbons (Fsp3) is 0.462. The van der Waals surface area contributed by atoms with E-state index in [4.69, 9.17) is 11.0 Å². The van der Waals surface area contributed by atoms with Crippen molar-refractivity contribution in [2.24, 2.45) is 0 Å². The molecule has 0 spiro atoms. The zero-order valence-electron chi connectivity index (χ0n) is 11.2. The van der Waals surface area contributed by atoms with E-state index in [-0.39, 0.29) is 4.90 Å². The first-order chi connectivity index (χ1) is 9.54. The molecule has 2 N–H and O–H groups in total. The zero-order chi connectivity index (χ0) is 14.6. The number of benzene rings is 1. The zero-order valence-corrected chi connectivity index (χ0v) is 12.0. The summed E-state index contributed by atoms with van der Waals surface area (Å²) in [5.41, 5.74) is 6.12. The molecule has 1 aromatic rings. The molecule has 1 aliphatic rings. The maximum atomic E-state index is 12.4. The van der Waals surface area contributed by atoms with Gasteiger partial charge in [0, 0.05) is 44.8 Å². The van der Waals surface area contributed by atoms with Gasteiger partial charge in [0.1, 0.15) is 0 Å². The van der Waals surface area contributed by atoms with Gasteiger partial charge in [-0.1, -0.05) is 0 Å². The summed E-state index contributed by atoms with van der Waals surface area (Å²) in [5.74, 6) is 0. The number of hydrogen-bond donors (Lipinski definition) is 1. The first-order valence-electron chi connectivity index (χ1n) is 6.49. The molecule has 1 fully saturated rings. The topological polar surface area (TPSA) is 90.4 Å². The first kappa shape index (κ1) is 14.8. The second-order valence-corrected chi connectivity index (χ2v) is 6.66. The number of nitrogen functional groups attached to an aromatic ring is 1. The van der Waals surface area contributed by atoms with Crippen molar-refractivity contribution in [1.29, 1.82) is 5.26 Å². The summed E-state index contributed by atoms with van der Waals surface area (Å²) in [7, 11) is -3.44. The molecule has 2 rings (SSSR count). The third-order valence-corrected chi connectivity index (χ3v) is 5.30. The standard InChI is InChI=1S/C13H18N4O2S/c14-6-1-7-16-8-10-17(11-9-16)20(18,19)13-4-2-12(15)3-5-13/h2-5H,1,7-11,15H2. The molecule has 1 aliphatic heterocycles. The molecule has 0 saturated carbocycles. The van der Waals surface area contributed by atoms with E-state index in [0.717, 1.165) is 0 Å². The monoisotopic (exact) mass is 294 g/mol. The molecular formula is C13H18N4O2S. The van der Waals surface area contributed by atoms with Gasteiger partial charge in [0.25, 0.3) is 0 Å². The highest BCUT2D eigenvalue weighted by atomic mass is 32.2. The minimum absolute atomic E-state index is 0.275. The van der Waals surface area contributed by atoms with Crippen molar-refractivity contribution in [2.45, 2.75) is 11.3 Å². The predicted octanol–water partition coefficient (Wildman–Crippen LogP) is 0.489. The predicted molar refractivity (Wildman–Crippen MR) is 76.3 cm³/mol. The Morgan fingerprint density at radius 3 is 2.30 bits per heavy atom. The maximum absolute atomic E-state index is 12.4. The van der Waals surface area contributed by atoms with E-state index in [1.165, 1.54) is 16.4 Å². The third-order valence-electron chi connectivity index (χ3n) is 3.39. The molecule has 1 aromatic carbocycles. The number of nitriles is 1. The van der Waals surface area contributed by atoms with Crippen LogP contribution in [-0.2, 0) is 10.0 Å². The van der Waals surface area contributed by atoms with Crippen LogP contribution in [0.3, 0.4) is 0 Å². The lowest BCUT2D eigenvalue weighted by Crippen LogP contribution is -2.48. The van der Waals surface area contributed by atoms with Crippen LogP contribution in [0.15, 0.2) is 29.2 Å². The fourth-order valence-corrected chi connectivity index (χ4v) is 3.61. The number of nitrogens with two attached hydrogens (primary N) is 1. The lowest BCUT2D eigenvalue weighted by molar-refractivity contribution is 0.191. The van der Waals surface area contributed by atoms with Gasteiger partial charge in [-0.2, -0.15) is 9.57 Å². The Hall–Kier alpha value is -1.62. The second kappa shape index (κ2) is 6.22.